The molecule has 0 bridgehead atoms. The summed E-state index contributed by atoms with van der Waals surface area (Å²) in [6, 6.07) is 13.3. The van der Waals surface area contributed by atoms with Crippen molar-refractivity contribution in [3.8, 4) is 6.07 Å². The molecule has 1 aliphatic heterocycles. The lowest BCUT2D eigenvalue weighted by Crippen LogP contribution is -2.47. The van der Waals surface area contributed by atoms with Crippen molar-refractivity contribution >= 4 is 11.8 Å². The summed E-state index contributed by atoms with van der Waals surface area (Å²) in [6.07, 6.45) is 3.16. The number of hydrogen-bond acceptors (Lipinski definition) is 5. The normalized spacial score (nSPS) is 15.5. The minimum absolute atomic E-state index is 0.189. The van der Waals surface area contributed by atoms with E-state index in [2.05, 4.69) is 10.4 Å². The van der Waals surface area contributed by atoms with Gasteiger partial charge in [0.2, 0.25) is 5.91 Å². The highest BCUT2D eigenvalue weighted by Crippen LogP contribution is 2.22. The summed E-state index contributed by atoms with van der Waals surface area (Å²) in [5.74, 6) is 0.170. The minimum Gasteiger partial charge on any atom is -0.467 e. The molecule has 28 heavy (non-hydrogen) atoms. The summed E-state index contributed by atoms with van der Waals surface area (Å²) in [4.78, 5) is 27.3. The van der Waals surface area contributed by atoms with Crippen LogP contribution in [0.1, 0.15) is 33.4 Å². The van der Waals surface area contributed by atoms with Gasteiger partial charge in [-0.3, -0.25) is 14.3 Å². The Hall–Kier alpha value is -3.86. The van der Waals surface area contributed by atoms with Crippen LogP contribution in [0.4, 0.5) is 0 Å². The van der Waals surface area contributed by atoms with E-state index >= 15 is 0 Å². The Morgan fingerprint density at radius 1 is 1.29 bits per heavy atom. The number of rotatable bonds is 4. The predicted molar refractivity (Wildman–Crippen MR) is 97.7 cm³/mol. The molecule has 0 fully saturated rings. The van der Waals surface area contributed by atoms with Crippen molar-refractivity contribution in [1.82, 2.24) is 20.0 Å². The molecule has 8 heteroatoms. The zero-order valence-electron chi connectivity index (χ0n) is 14.9. The molecule has 3 heterocycles. The molecule has 2 aromatic heterocycles. The van der Waals surface area contributed by atoms with Gasteiger partial charge in [0, 0.05) is 11.8 Å². The fourth-order valence-electron chi connectivity index (χ4n) is 3.25. The maximum Gasteiger partial charge on any atom is 0.254 e. The average molecular weight is 375 g/mol. The highest BCUT2D eigenvalue weighted by atomic mass is 16.3. The van der Waals surface area contributed by atoms with E-state index in [1.54, 1.807) is 64.5 Å². The molecular weight excluding hydrogens is 358 g/mol. The van der Waals surface area contributed by atoms with Gasteiger partial charge in [0.1, 0.15) is 11.8 Å². The summed E-state index contributed by atoms with van der Waals surface area (Å²) >= 11 is 0. The van der Waals surface area contributed by atoms with Crippen molar-refractivity contribution in [2.45, 2.75) is 19.1 Å². The summed E-state index contributed by atoms with van der Waals surface area (Å²) in [7, 11) is 0. The fourth-order valence-corrected chi connectivity index (χ4v) is 3.25. The van der Waals surface area contributed by atoms with Crippen molar-refractivity contribution in [3.05, 3.63) is 77.5 Å². The molecule has 0 saturated carbocycles. The number of hydrogen-bond donors (Lipinski definition) is 1. The number of aromatic nitrogens is 2. The second kappa shape index (κ2) is 7.40. The lowest BCUT2D eigenvalue weighted by molar-refractivity contribution is -0.125. The predicted octanol–water partition coefficient (Wildman–Crippen LogP) is 1.86. The van der Waals surface area contributed by atoms with Crippen LogP contribution in [-0.2, 0) is 17.9 Å². The lowest BCUT2D eigenvalue weighted by atomic mass is 10.1. The van der Waals surface area contributed by atoms with Crippen molar-refractivity contribution in [2.75, 3.05) is 6.54 Å². The molecular formula is C20H17N5O3. The second-order valence-corrected chi connectivity index (χ2v) is 6.46. The van der Waals surface area contributed by atoms with Crippen LogP contribution in [0.5, 0.6) is 0 Å². The van der Waals surface area contributed by atoms with E-state index in [4.69, 9.17) is 9.68 Å². The number of amides is 2. The number of nitrogens with one attached hydrogen (secondary N) is 1. The third-order valence-corrected chi connectivity index (χ3v) is 4.64. The molecule has 0 spiro atoms. The van der Waals surface area contributed by atoms with Gasteiger partial charge in [-0.2, -0.15) is 10.4 Å². The molecule has 1 aromatic carbocycles. The van der Waals surface area contributed by atoms with Crippen molar-refractivity contribution in [1.29, 1.82) is 5.26 Å². The van der Waals surface area contributed by atoms with Gasteiger partial charge in [-0.15, -0.1) is 0 Å². The van der Waals surface area contributed by atoms with Crippen LogP contribution in [0.15, 0.2) is 59.3 Å². The standard InChI is InChI=1S/C20H17N5O3/c21-10-14-3-1-4-15(9-14)20(27)24-12-16-6-7-23-25(16)18(13-24)19(26)22-11-17-5-2-8-28-17/h1-9,18H,11-13H2,(H,22,26)/t18-/m1/s1. The van der Waals surface area contributed by atoms with Crippen LogP contribution in [0.2, 0.25) is 0 Å². The van der Waals surface area contributed by atoms with E-state index in [1.807, 2.05) is 6.07 Å². The number of fused-ring (bicyclic) bond motifs is 1. The first-order chi connectivity index (χ1) is 13.7. The van der Waals surface area contributed by atoms with Gasteiger partial charge in [0.15, 0.2) is 0 Å². The largest absolute Gasteiger partial charge is 0.467 e. The Balaban J connectivity index is 1.54. The van der Waals surface area contributed by atoms with Gasteiger partial charge in [-0.05, 0) is 36.4 Å². The SMILES string of the molecule is N#Cc1cccc(C(=O)N2Cc3ccnn3[C@@H](C(=O)NCc3ccco3)C2)c1. The van der Waals surface area contributed by atoms with Gasteiger partial charge in [0.05, 0.1) is 43.2 Å². The molecule has 2 amide bonds. The first kappa shape index (κ1) is 17.5. The third-order valence-electron chi connectivity index (χ3n) is 4.64. The highest BCUT2D eigenvalue weighted by Gasteiger charge is 2.33. The quantitative estimate of drug-likeness (QED) is 0.749. The Bertz CT molecular complexity index is 1050. The molecule has 1 aliphatic rings. The number of carbonyl (C=O) groups is 2. The smallest absolute Gasteiger partial charge is 0.254 e. The van der Waals surface area contributed by atoms with Crippen LogP contribution in [0, 0.1) is 11.3 Å². The van der Waals surface area contributed by atoms with Gasteiger partial charge in [0.25, 0.3) is 5.91 Å². The van der Waals surface area contributed by atoms with Gasteiger partial charge >= 0.3 is 0 Å². The zero-order valence-corrected chi connectivity index (χ0v) is 14.9. The van der Waals surface area contributed by atoms with Crippen LogP contribution < -0.4 is 5.32 Å². The average Bonchev–Trinajstić information content (AvgIpc) is 3.42. The molecule has 0 unspecified atom stereocenters. The first-order valence-corrected chi connectivity index (χ1v) is 8.77. The van der Waals surface area contributed by atoms with E-state index in [-0.39, 0.29) is 24.9 Å². The van der Waals surface area contributed by atoms with Crippen molar-refractivity contribution in [2.24, 2.45) is 0 Å². The van der Waals surface area contributed by atoms with E-state index in [0.29, 0.717) is 23.4 Å². The third kappa shape index (κ3) is 3.38. The number of nitrogens with zero attached hydrogens (tertiary/aromatic N) is 4. The zero-order chi connectivity index (χ0) is 19.5. The van der Waals surface area contributed by atoms with E-state index < -0.39 is 6.04 Å². The minimum atomic E-state index is -0.642. The molecule has 1 atom stereocenters. The maximum atomic E-state index is 13.0. The number of furan rings is 1. The highest BCUT2D eigenvalue weighted by molar-refractivity contribution is 5.95. The summed E-state index contributed by atoms with van der Waals surface area (Å²) in [5.41, 5.74) is 1.61. The van der Waals surface area contributed by atoms with Crippen molar-refractivity contribution in [3.63, 3.8) is 0 Å². The van der Waals surface area contributed by atoms with Crippen LogP contribution in [0.3, 0.4) is 0 Å². The van der Waals surface area contributed by atoms with E-state index in [9.17, 15) is 9.59 Å². The fraction of sp³-hybridized carbons (Fsp3) is 0.200. The molecule has 4 rings (SSSR count). The maximum absolute atomic E-state index is 13.0. The Kier molecular flexibility index (Phi) is 4.64. The van der Waals surface area contributed by atoms with Crippen LogP contribution in [0.25, 0.3) is 0 Å². The number of carbonyl (C=O) groups excluding carboxylic acids is 2. The monoisotopic (exact) mass is 375 g/mol. The van der Waals surface area contributed by atoms with Crippen LogP contribution in [-0.4, -0.2) is 33.0 Å². The molecule has 140 valence electrons. The second-order valence-electron chi connectivity index (χ2n) is 6.46. The summed E-state index contributed by atoms with van der Waals surface area (Å²) in [5, 5.41) is 16.1. The topological polar surface area (TPSA) is 104 Å². The molecule has 0 saturated heterocycles. The van der Waals surface area contributed by atoms with Crippen LogP contribution >= 0.6 is 0 Å². The molecule has 0 aliphatic carbocycles. The number of nitriles is 1. The van der Waals surface area contributed by atoms with Gasteiger partial charge in [-0.1, -0.05) is 6.07 Å². The first-order valence-electron chi connectivity index (χ1n) is 8.77. The Labute approximate surface area is 161 Å². The van der Waals surface area contributed by atoms with E-state index in [0.717, 1.165) is 5.69 Å². The van der Waals surface area contributed by atoms with Crippen molar-refractivity contribution < 1.29 is 14.0 Å². The molecule has 0 radical (unpaired) electrons. The summed E-state index contributed by atoms with van der Waals surface area (Å²) in [6.45, 7) is 0.795. The molecule has 3 aromatic rings. The Morgan fingerprint density at radius 3 is 2.96 bits per heavy atom. The summed E-state index contributed by atoms with van der Waals surface area (Å²) < 4.78 is 6.88. The Morgan fingerprint density at radius 2 is 2.18 bits per heavy atom. The van der Waals surface area contributed by atoms with Gasteiger partial charge < -0.3 is 14.6 Å². The molecule has 8 nitrogen and oxygen atoms in total. The lowest BCUT2D eigenvalue weighted by Gasteiger charge is -2.33. The van der Waals surface area contributed by atoms with E-state index in [1.165, 1.54) is 0 Å². The molecule has 1 N–H and O–H groups in total. The number of benzene rings is 1. The van der Waals surface area contributed by atoms with Gasteiger partial charge in [-0.25, -0.2) is 0 Å².